The van der Waals surface area contributed by atoms with E-state index < -0.39 is 0 Å². The molecule has 0 amide bonds. The van der Waals surface area contributed by atoms with Gasteiger partial charge >= 0.3 is 0 Å². The normalized spacial score (nSPS) is 16.7. The Hall–Kier alpha value is -1.20. The Labute approximate surface area is 136 Å². The highest BCUT2D eigenvalue weighted by Gasteiger charge is 2.21. The molecule has 0 N–H and O–H groups in total. The van der Waals surface area contributed by atoms with E-state index in [4.69, 9.17) is 11.6 Å². The first-order chi connectivity index (χ1) is 10.3. The second-order valence-corrected chi connectivity index (χ2v) is 6.69. The van der Waals surface area contributed by atoms with Gasteiger partial charge in [0.15, 0.2) is 5.15 Å². The average molecular weight is 340 g/mol. The summed E-state index contributed by atoms with van der Waals surface area (Å²) < 4.78 is 4.09. The van der Waals surface area contributed by atoms with E-state index in [9.17, 15) is 5.26 Å². The number of nitriles is 1. The molecule has 0 bridgehead atoms. The van der Waals surface area contributed by atoms with E-state index >= 15 is 0 Å². The smallest absolute Gasteiger partial charge is 0.162 e. The first kappa shape index (κ1) is 14.7. The molecule has 1 saturated heterocycles. The van der Waals surface area contributed by atoms with Crippen molar-refractivity contribution in [3.63, 3.8) is 0 Å². The summed E-state index contributed by atoms with van der Waals surface area (Å²) in [4.78, 5) is 8.98. The van der Waals surface area contributed by atoms with Crippen LogP contribution in [-0.2, 0) is 6.54 Å². The van der Waals surface area contributed by atoms with Crippen LogP contribution in [0.1, 0.15) is 17.7 Å². The van der Waals surface area contributed by atoms with Crippen molar-refractivity contribution in [2.45, 2.75) is 13.0 Å². The number of thiazole rings is 1. The van der Waals surface area contributed by atoms with E-state index in [0.717, 1.165) is 49.8 Å². The van der Waals surface area contributed by atoms with Crippen LogP contribution < -0.4 is 4.90 Å². The van der Waals surface area contributed by atoms with Crippen molar-refractivity contribution in [1.82, 2.24) is 14.3 Å². The first-order valence-corrected chi connectivity index (χ1v) is 8.77. The van der Waals surface area contributed by atoms with Crippen LogP contribution in [0.25, 0.3) is 0 Å². The molecule has 0 unspecified atom stereocenters. The molecule has 0 saturated carbocycles. The fourth-order valence-electron chi connectivity index (χ4n) is 2.45. The van der Waals surface area contributed by atoms with Gasteiger partial charge in [-0.05, 0) is 18.0 Å². The zero-order chi connectivity index (χ0) is 14.7. The molecule has 1 fully saturated rings. The number of anilines is 1. The Balaban J connectivity index is 1.67. The van der Waals surface area contributed by atoms with Gasteiger partial charge in [-0.3, -0.25) is 4.90 Å². The van der Waals surface area contributed by atoms with E-state index in [1.807, 2.05) is 5.51 Å². The van der Waals surface area contributed by atoms with Crippen LogP contribution in [0.2, 0.25) is 5.15 Å². The quantitative estimate of drug-likeness (QED) is 0.860. The SMILES string of the molecule is N#Cc1c(Cl)nsc1N1CCCN(Cc2cscn2)CC1. The van der Waals surface area contributed by atoms with Crippen molar-refractivity contribution >= 4 is 39.5 Å². The summed E-state index contributed by atoms with van der Waals surface area (Å²) in [5.74, 6) is 0. The van der Waals surface area contributed by atoms with E-state index in [0.29, 0.717) is 10.7 Å². The molecule has 3 rings (SSSR count). The molecule has 0 aliphatic carbocycles. The molecule has 21 heavy (non-hydrogen) atoms. The van der Waals surface area contributed by atoms with Crippen molar-refractivity contribution < 1.29 is 0 Å². The third-order valence-electron chi connectivity index (χ3n) is 3.49. The number of aromatic nitrogens is 2. The van der Waals surface area contributed by atoms with Crippen molar-refractivity contribution in [3.05, 3.63) is 27.3 Å². The third kappa shape index (κ3) is 3.35. The highest BCUT2D eigenvalue weighted by molar-refractivity contribution is 7.10. The maximum Gasteiger partial charge on any atom is 0.162 e. The molecule has 5 nitrogen and oxygen atoms in total. The zero-order valence-electron chi connectivity index (χ0n) is 11.3. The summed E-state index contributed by atoms with van der Waals surface area (Å²) in [6.45, 7) is 4.71. The molecule has 8 heteroatoms. The largest absolute Gasteiger partial charge is 0.360 e. The van der Waals surface area contributed by atoms with Gasteiger partial charge in [0.2, 0.25) is 0 Å². The van der Waals surface area contributed by atoms with Gasteiger partial charge in [0.1, 0.15) is 16.6 Å². The number of hydrogen-bond acceptors (Lipinski definition) is 7. The van der Waals surface area contributed by atoms with Gasteiger partial charge < -0.3 is 4.90 Å². The average Bonchev–Trinajstić information content (AvgIpc) is 3.05. The van der Waals surface area contributed by atoms with Crippen LogP contribution in [0, 0.1) is 11.3 Å². The van der Waals surface area contributed by atoms with Gasteiger partial charge in [-0.25, -0.2) is 4.98 Å². The summed E-state index contributed by atoms with van der Waals surface area (Å²) in [7, 11) is 0. The molecule has 2 aromatic rings. The lowest BCUT2D eigenvalue weighted by Crippen LogP contribution is -2.30. The van der Waals surface area contributed by atoms with Crippen molar-refractivity contribution in [3.8, 4) is 6.07 Å². The molecule has 2 aromatic heterocycles. The minimum absolute atomic E-state index is 0.320. The van der Waals surface area contributed by atoms with E-state index in [1.165, 1.54) is 11.5 Å². The van der Waals surface area contributed by atoms with Crippen molar-refractivity contribution in [1.29, 1.82) is 5.26 Å². The van der Waals surface area contributed by atoms with Crippen molar-refractivity contribution in [2.24, 2.45) is 0 Å². The molecule has 0 radical (unpaired) electrons. The molecule has 0 aromatic carbocycles. The lowest BCUT2D eigenvalue weighted by molar-refractivity contribution is 0.282. The maximum absolute atomic E-state index is 9.20. The molecule has 110 valence electrons. The minimum atomic E-state index is 0.320. The van der Waals surface area contributed by atoms with Gasteiger partial charge in [0.05, 0.1) is 11.2 Å². The standard InChI is InChI=1S/C13H14ClN5S2/c14-12-11(6-15)13(21-17-12)19-3-1-2-18(4-5-19)7-10-8-20-9-16-10/h8-9H,1-5,7H2. The summed E-state index contributed by atoms with van der Waals surface area (Å²) in [5, 5.41) is 12.5. The molecule has 0 spiro atoms. The summed E-state index contributed by atoms with van der Waals surface area (Å²) >= 11 is 8.91. The monoisotopic (exact) mass is 339 g/mol. The minimum Gasteiger partial charge on any atom is -0.360 e. The van der Waals surface area contributed by atoms with Gasteiger partial charge in [-0.1, -0.05) is 11.6 Å². The summed E-state index contributed by atoms with van der Waals surface area (Å²) in [6.07, 6.45) is 1.06. The highest BCUT2D eigenvalue weighted by Crippen LogP contribution is 2.31. The van der Waals surface area contributed by atoms with Crippen molar-refractivity contribution in [2.75, 3.05) is 31.1 Å². The van der Waals surface area contributed by atoms with E-state index in [-0.39, 0.29) is 0 Å². The summed E-state index contributed by atoms with van der Waals surface area (Å²) in [5.41, 5.74) is 3.51. The fraction of sp³-hybridized carbons (Fsp3) is 0.462. The van der Waals surface area contributed by atoms with Crippen LogP contribution in [0.4, 0.5) is 5.00 Å². The zero-order valence-corrected chi connectivity index (χ0v) is 13.7. The van der Waals surface area contributed by atoms with Gasteiger partial charge in [-0.2, -0.15) is 9.64 Å². The van der Waals surface area contributed by atoms with Crippen LogP contribution in [0.3, 0.4) is 0 Å². The van der Waals surface area contributed by atoms with Gasteiger partial charge in [0, 0.05) is 38.1 Å². The maximum atomic E-state index is 9.20. The van der Waals surface area contributed by atoms with Crippen LogP contribution in [0.15, 0.2) is 10.9 Å². The highest BCUT2D eigenvalue weighted by atomic mass is 35.5. The third-order valence-corrected chi connectivity index (χ3v) is 5.41. The Bertz CT molecular complexity index is 634. The predicted octanol–water partition coefficient (Wildman–Crippen LogP) is 2.84. The number of halogens is 1. The Morgan fingerprint density at radius 2 is 2.24 bits per heavy atom. The summed E-state index contributed by atoms with van der Waals surface area (Å²) in [6, 6.07) is 2.16. The molecule has 1 aliphatic rings. The Morgan fingerprint density at radius 3 is 3.00 bits per heavy atom. The second kappa shape index (κ2) is 6.71. The van der Waals surface area contributed by atoms with Gasteiger partial charge in [-0.15, -0.1) is 11.3 Å². The number of nitrogens with zero attached hydrogens (tertiary/aromatic N) is 5. The van der Waals surface area contributed by atoms with Crippen LogP contribution >= 0.6 is 34.5 Å². The second-order valence-electron chi connectivity index (χ2n) is 4.86. The Morgan fingerprint density at radius 1 is 1.33 bits per heavy atom. The lowest BCUT2D eigenvalue weighted by atomic mass is 10.3. The molecule has 3 heterocycles. The predicted molar refractivity (Wildman–Crippen MR) is 86.1 cm³/mol. The number of hydrogen-bond donors (Lipinski definition) is 0. The van der Waals surface area contributed by atoms with Crippen LogP contribution in [-0.4, -0.2) is 40.4 Å². The molecular formula is C13H14ClN5S2. The first-order valence-electron chi connectivity index (χ1n) is 6.67. The number of rotatable bonds is 3. The molecule has 0 atom stereocenters. The Kier molecular flexibility index (Phi) is 4.70. The molecular weight excluding hydrogens is 326 g/mol. The lowest BCUT2D eigenvalue weighted by Gasteiger charge is -2.21. The van der Waals surface area contributed by atoms with Gasteiger partial charge in [0.25, 0.3) is 0 Å². The molecule has 1 aliphatic heterocycles. The van der Waals surface area contributed by atoms with Crippen LogP contribution in [0.5, 0.6) is 0 Å². The van der Waals surface area contributed by atoms with E-state index in [2.05, 4.69) is 30.6 Å². The topological polar surface area (TPSA) is 56.1 Å². The van der Waals surface area contributed by atoms with E-state index in [1.54, 1.807) is 11.3 Å². The fourth-order valence-corrected chi connectivity index (χ4v) is 4.08.